The van der Waals surface area contributed by atoms with Gasteiger partial charge in [-0.25, -0.2) is 9.59 Å². The number of carbonyl (C=O) groups is 1. The molecule has 0 radical (unpaired) electrons. The van der Waals surface area contributed by atoms with Crippen LogP contribution in [0.3, 0.4) is 0 Å². The topological polar surface area (TPSA) is 87.5 Å². The summed E-state index contributed by atoms with van der Waals surface area (Å²) in [7, 11) is 0. The number of anilines is 1. The molecule has 0 bridgehead atoms. The van der Waals surface area contributed by atoms with E-state index in [1.807, 2.05) is 0 Å². The van der Waals surface area contributed by atoms with E-state index in [0.717, 1.165) is 0 Å². The van der Waals surface area contributed by atoms with Crippen molar-refractivity contribution in [2.75, 3.05) is 12.3 Å². The molecule has 1 atom stereocenters. The van der Waals surface area contributed by atoms with Gasteiger partial charge in [-0.15, -0.1) is 0 Å². The van der Waals surface area contributed by atoms with Crippen molar-refractivity contribution in [2.24, 2.45) is 0 Å². The number of esters is 1. The molecule has 2 aromatic rings. The van der Waals surface area contributed by atoms with Crippen LogP contribution < -0.4 is 11.5 Å². The summed E-state index contributed by atoms with van der Waals surface area (Å²) in [6.07, 6.45) is 0.474. The van der Waals surface area contributed by atoms with Gasteiger partial charge < -0.3 is 14.9 Å². The van der Waals surface area contributed by atoms with Crippen molar-refractivity contribution < 1.29 is 13.9 Å². The second-order valence-electron chi connectivity index (χ2n) is 3.94. The molecule has 1 fully saturated rings. The first kappa shape index (κ1) is 9.95. The minimum atomic E-state index is -0.606. The van der Waals surface area contributed by atoms with Gasteiger partial charge in [-0.1, -0.05) is 0 Å². The average Bonchev–Trinajstić information content (AvgIpc) is 2.81. The molecule has 6 nitrogen and oxygen atoms in total. The van der Waals surface area contributed by atoms with Crippen LogP contribution >= 0.6 is 0 Å². The fraction of sp³-hybridized carbons (Fsp3) is 0.273. The number of benzene rings is 1. The summed E-state index contributed by atoms with van der Waals surface area (Å²) in [6, 6.07) is 4.27. The Hall–Kier alpha value is -2.24. The van der Waals surface area contributed by atoms with Gasteiger partial charge in [0.25, 0.3) is 0 Å². The number of oxazole rings is 1. The molecule has 0 saturated carbocycles. The number of rotatable bonds is 1. The van der Waals surface area contributed by atoms with E-state index in [1.54, 1.807) is 18.2 Å². The van der Waals surface area contributed by atoms with Gasteiger partial charge in [-0.2, -0.15) is 0 Å². The third-order valence-corrected chi connectivity index (χ3v) is 2.86. The maximum atomic E-state index is 11.7. The van der Waals surface area contributed by atoms with Crippen LogP contribution in [-0.2, 0) is 9.53 Å². The van der Waals surface area contributed by atoms with Crippen molar-refractivity contribution in [3.63, 3.8) is 0 Å². The van der Waals surface area contributed by atoms with E-state index < -0.39 is 17.8 Å². The Balaban J connectivity index is 2.27. The Kier molecular flexibility index (Phi) is 1.98. The predicted molar refractivity (Wildman–Crippen MR) is 59.5 cm³/mol. The molecular formula is C11H10N2O4. The number of aromatic nitrogens is 1. The minimum Gasteiger partial charge on any atom is -0.464 e. The van der Waals surface area contributed by atoms with Gasteiger partial charge >= 0.3 is 11.7 Å². The average molecular weight is 234 g/mol. The number of hydrogen-bond donors (Lipinski definition) is 1. The van der Waals surface area contributed by atoms with Crippen molar-refractivity contribution in [1.82, 2.24) is 4.57 Å². The summed E-state index contributed by atoms with van der Waals surface area (Å²) < 4.78 is 11.2. The number of carbonyl (C=O) groups excluding carboxylic acids is 1. The van der Waals surface area contributed by atoms with Crippen LogP contribution in [0, 0.1) is 0 Å². The molecule has 1 aliphatic rings. The molecule has 2 N–H and O–H groups in total. The first-order valence-electron chi connectivity index (χ1n) is 5.24. The Labute approximate surface area is 95.6 Å². The summed E-state index contributed by atoms with van der Waals surface area (Å²) in [5.41, 5.74) is 7.12. The van der Waals surface area contributed by atoms with Crippen LogP contribution in [0.25, 0.3) is 11.1 Å². The summed E-state index contributed by atoms with van der Waals surface area (Å²) >= 11 is 0. The molecule has 1 unspecified atom stereocenters. The number of cyclic esters (lactones) is 1. The van der Waals surface area contributed by atoms with Crippen LogP contribution in [0.15, 0.2) is 27.4 Å². The summed E-state index contributed by atoms with van der Waals surface area (Å²) in [6.45, 7) is 0.324. The lowest BCUT2D eigenvalue weighted by Crippen LogP contribution is -2.23. The van der Waals surface area contributed by atoms with Crippen LogP contribution in [0.4, 0.5) is 5.69 Å². The number of hydrogen-bond acceptors (Lipinski definition) is 5. The maximum Gasteiger partial charge on any atom is 0.420 e. The molecular weight excluding hydrogens is 224 g/mol. The van der Waals surface area contributed by atoms with Gasteiger partial charge in [0.15, 0.2) is 5.58 Å². The molecule has 1 aromatic carbocycles. The monoisotopic (exact) mass is 234 g/mol. The molecule has 3 rings (SSSR count). The Morgan fingerprint density at radius 3 is 2.88 bits per heavy atom. The van der Waals surface area contributed by atoms with E-state index in [9.17, 15) is 9.59 Å². The maximum absolute atomic E-state index is 11.7. The second-order valence-corrected chi connectivity index (χ2v) is 3.94. The van der Waals surface area contributed by atoms with E-state index in [2.05, 4.69) is 0 Å². The van der Waals surface area contributed by atoms with E-state index >= 15 is 0 Å². The van der Waals surface area contributed by atoms with Crippen molar-refractivity contribution in [3.05, 3.63) is 28.7 Å². The van der Waals surface area contributed by atoms with Crippen molar-refractivity contribution in [3.8, 4) is 0 Å². The smallest absolute Gasteiger partial charge is 0.420 e. The molecule has 0 amide bonds. The highest BCUT2D eigenvalue weighted by Gasteiger charge is 2.31. The highest BCUT2D eigenvalue weighted by atomic mass is 16.5. The lowest BCUT2D eigenvalue weighted by molar-refractivity contribution is -0.140. The molecule has 2 heterocycles. The van der Waals surface area contributed by atoms with E-state index in [-0.39, 0.29) is 0 Å². The predicted octanol–water partition coefficient (Wildman–Crippen LogP) is 0.665. The zero-order valence-electron chi connectivity index (χ0n) is 8.88. The fourth-order valence-electron chi connectivity index (χ4n) is 2.07. The Morgan fingerprint density at radius 1 is 1.35 bits per heavy atom. The third kappa shape index (κ3) is 1.41. The van der Waals surface area contributed by atoms with Gasteiger partial charge in [0, 0.05) is 12.1 Å². The SMILES string of the molecule is Nc1ccc2oc(=O)n(C3CCOC3=O)c2c1. The van der Waals surface area contributed by atoms with Gasteiger partial charge in [0.1, 0.15) is 6.04 Å². The summed E-state index contributed by atoms with van der Waals surface area (Å²) in [5.74, 6) is -0.966. The summed E-state index contributed by atoms with van der Waals surface area (Å²) in [5, 5.41) is 0. The number of ether oxygens (including phenoxy) is 1. The zero-order valence-corrected chi connectivity index (χ0v) is 8.88. The van der Waals surface area contributed by atoms with E-state index in [0.29, 0.717) is 29.8 Å². The lowest BCUT2D eigenvalue weighted by atomic mass is 10.2. The lowest BCUT2D eigenvalue weighted by Gasteiger charge is -2.06. The quantitative estimate of drug-likeness (QED) is 0.578. The van der Waals surface area contributed by atoms with Gasteiger partial charge in [0.2, 0.25) is 0 Å². The zero-order chi connectivity index (χ0) is 12.0. The highest BCUT2D eigenvalue weighted by Crippen LogP contribution is 2.25. The molecule has 1 aromatic heterocycles. The molecule has 1 aliphatic heterocycles. The minimum absolute atomic E-state index is 0.324. The van der Waals surface area contributed by atoms with Crippen LogP contribution in [0.1, 0.15) is 12.5 Å². The van der Waals surface area contributed by atoms with Gasteiger partial charge in [-0.05, 0) is 18.2 Å². The van der Waals surface area contributed by atoms with E-state index in [1.165, 1.54) is 4.57 Å². The van der Waals surface area contributed by atoms with Crippen molar-refractivity contribution in [2.45, 2.75) is 12.5 Å². The first-order chi connectivity index (χ1) is 8.16. The first-order valence-corrected chi connectivity index (χ1v) is 5.24. The van der Waals surface area contributed by atoms with Crippen LogP contribution in [0.5, 0.6) is 0 Å². The van der Waals surface area contributed by atoms with Crippen molar-refractivity contribution in [1.29, 1.82) is 0 Å². The standard InChI is InChI=1S/C11H10N2O4/c12-6-1-2-9-8(5-6)13(11(15)17-9)7-3-4-16-10(7)14/h1-2,5,7H,3-4,12H2. The van der Waals surface area contributed by atoms with Crippen LogP contribution in [0.2, 0.25) is 0 Å². The molecule has 88 valence electrons. The number of nitrogen functional groups attached to an aromatic ring is 1. The van der Waals surface area contributed by atoms with Gasteiger partial charge in [0.05, 0.1) is 12.1 Å². The van der Waals surface area contributed by atoms with Crippen LogP contribution in [-0.4, -0.2) is 17.1 Å². The van der Waals surface area contributed by atoms with E-state index in [4.69, 9.17) is 14.9 Å². The fourth-order valence-corrected chi connectivity index (χ4v) is 2.07. The third-order valence-electron chi connectivity index (χ3n) is 2.86. The Morgan fingerprint density at radius 2 is 2.18 bits per heavy atom. The Bertz CT molecular complexity index is 655. The highest BCUT2D eigenvalue weighted by molar-refractivity contribution is 5.82. The molecule has 1 saturated heterocycles. The molecule has 0 spiro atoms. The number of fused-ring (bicyclic) bond motifs is 1. The molecule has 6 heteroatoms. The number of nitrogens with zero attached hydrogens (tertiary/aromatic N) is 1. The van der Waals surface area contributed by atoms with Crippen molar-refractivity contribution >= 4 is 22.8 Å². The summed E-state index contributed by atoms with van der Waals surface area (Å²) in [4.78, 5) is 23.2. The molecule has 0 aliphatic carbocycles. The number of nitrogens with two attached hydrogens (primary N) is 1. The second kappa shape index (κ2) is 3.38. The largest absolute Gasteiger partial charge is 0.464 e. The van der Waals surface area contributed by atoms with Gasteiger partial charge in [-0.3, -0.25) is 4.57 Å². The normalized spacial score (nSPS) is 19.8. The molecule has 17 heavy (non-hydrogen) atoms.